The van der Waals surface area contributed by atoms with Crippen molar-refractivity contribution in [1.29, 1.82) is 0 Å². The molecule has 6 nitrogen and oxygen atoms in total. The minimum Gasteiger partial charge on any atom is -0.315 e. The Morgan fingerprint density at radius 1 is 1.35 bits per heavy atom. The second kappa shape index (κ2) is 6.40. The lowest BCUT2D eigenvalue weighted by atomic mass is 10.3. The number of rotatable bonds is 6. The maximum absolute atomic E-state index is 12.2. The van der Waals surface area contributed by atoms with Crippen molar-refractivity contribution in [3.8, 4) is 0 Å². The maximum Gasteiger partial charge on any atom is 0.250 e. The number of hydrogen-bond donors (Lipinski definition) is 2. The van der Waals surface area contributed by atoms with Gasteiger partial charge in [0, 0.05) is 17.6 Å². The second-order valence-electron chi connectivity index (χ2n) is 4.23. The van der Waals surface area contributed by atoms with Crippen molar-refractivity contribution in [2.75, 3.05) is 7.05 Å². The van der Waals surface area contributed by atoms with Gasteiger partial charge in [0.1, 0.15) is 10.5 Å². The lowest BCUT2D eigenvalue weighted by Crippen LogP contribution is -2.22. The minimum atomic E-state index is -3.50. The van der Waals surface area contributed by atoms with E-state index in [-0.39, 0.29) is 6.54 Å². The molecule has 0 saturated heterocycles. The summed E-state index contributed by atoms with van der Waals surface area (Å²) >= 11 is 1.28. The number of aryl methyl sites for hydroxylation is 1. The third-order valence-corrected chi connectivity index (χ3v) is 5.80. The zero-order valence-electron chi connectivity index (χ0n) is 11.3. The van der Waals surface area contributed by atoms with Crippen LogP contribution in [0.5, 0.6) is 0 Å². The Labute approximate surface area is 122 Å². The SMILES string of the molecule is CNCc1sc(S(=O)(=O)NCc2ccncn2)cc1C. The van der Waals surface area contributed by atoms with Crippen LogP contribution in [0.25, 0.3) is 0 Å². The van der Waals surface area contributed by atoms with Gasteiger partial charge in [0.05, 0.1) is 12.2 Å². The normalized spacial score (nSPS) is 11.7. The van der Waals surface area contributed by atoms with Crippen molar-refractivity contribution in [2.24, 2.45) is 0 Å². The molecule has 8 heteroatoms. The van der Waals surface area contributed by atoms with Crippen LogP contribution < -0.4 is 10.0 Å². The third kappa shape index (κ3) is 3.60. The first-order valence-corrected chi connectivity index (χ1v) is 8.31. The molecule has 2 heterocycles. The van der Waals surface area contributed by atoms with E-state index in [9.17, 15) is 8.42 Å². The average Bonchev–Trinajstić information content (AvgIpc) is 2.81. The quantitative estimate of drug-likeness (QED) is 0.833. The maximum atomic E-state index is 12.2. The van der Waals surface area contributed by atoms with E-state index in [4.69, 9.17) is 0 Å². The highest BCUT2D eigenvalue weighted by Crippen LogP contribution is 2.25. The summed E-state index contributed by atoms with van der Waals surface area (Å²) < 4.78 is 27.3. The van der Waals surface area contributed by atoms with E-state index in [1.165, 1.54) is 17.7 Å². The number of aromatic nitrogens is 2. The van der Waals surface area contributed by atoms with E-state index in [1.807, 2.05) is 14.0 Å². The molecule has 0 fully saturated rings. The summed E-state index contributed by atoms with van der Waals surface area (Å²) in [5, 5.41) is 3.03. The lowest BCUT2D eigenvalue weighted by Gasteiger charge is -2.03. The first-order chi connectivity index (χ1) is 9.53. The Bertz CT molecular complexity index is 668. The van der Waals surface area contributed by atoms with Crippen molar-refractivity contribution in [1.82, 2.24) is 20.0 Å². The molecule has 2 rings (SSSR count). The van der Waals surface area contributed by atoms with Crippen molar-refractivity contribution in [2.45, 2.75) is 24.2 Å². The van der Waals surface area contributed by atoms with Crippen LogP contribution >= 0.6 is 11.3 Å². The summed E-state index contributed by atoms with van der Waals surface area (Å²) in [4.78, 5) is 8.80. The molecular formula is C12H16N4O2S2. The van der Waals surface area contributed by atoms with Crippen LogP contribution in [0, 0.1) is 6.92 Å². The van der Waals surface area contributed by atoms with Gasteiger partial charge in [0.25, 0.3) is 0 Å². The zero-order valence-corrected chi connectivity index (χ0v) is 12.9. The van der Waals surface area contributed by atoms with E-state index in [2.05, 4.69) is 20.0 Å². The number of nitrogens with zero attached hydrogens (tertiary/aromatic N) is 2. The van der Waals surface area contributed by atoms with Crippen LogP contribution in [0.15, 0.2) is 28.9 Å². The fraction of sp³-hybridized carbons (Fsp3) is 0.333. The van der Waals surface area contributed by atoms with Crippen LogP contribution in [0.1, 0.15) is 16.1 Å². The van der Waals surface area contributed by atoms with Gasteiger partial charge in [0.15, 0.2) is 0 Å². The first-order valence-electron chi connectivity index (χ1n) is 6.01. The number of nitrogens with one attached hydrogen (secondary N) is 2. The summed E-state index contributed by atoms with van der Waals surface area (Å²) in [7, 11) is -1.66. The first kappa shape index (κ1) is 15.0. The molecule has 0 spiro atoms. The summed E-state index contributed by atoms with van der Waals surface area (Å²) in [5.74, 6) is 0. The topological polar surface area (TPSA) is 84.0 Å². The highest BCUT2D eigenvalue weighted by atomic mass is 32.2. The van der Waals surface area contributed by atoms with Gasteiger partial charge in [-0.2, -0.15) is 0 Å². The summed E-state index contributed by atoms with van der Waals surface area (Å²) in [6, 6.07) is 3.37. The third-order valence-electron chi connectivity index (χ3n) is 2.69. The number of thiophene rings is 1. The van der Waals surface area contributed by atoms with E-state index in [1.54, 1.807) is 18.3 Å². The van der Waals surface area contributed by atoms with E-state index in [0.29, 0.717) is 16.4 Å². The van der Waals surface area contributed by atoms with Gasteiger partial charge in [-0.05, 0) is 31.7 Å². The lowest BCUT2D eigenvalue weighted by molar-refractivity contribution is 0.582. The highest BCUT2D eigenvalue weighted by molar-refractivity contribution is 7.91. The van der Waals surface area contributed by atoms with E-state index in [0.717, 1.165) is 10.4 Å². The molecule has 0 unspecified atom stereocenters. The summed E-state index contributed by atoms with van der Waals surface area (Å²) in [5.41, 5.74) is 1.61. The number of hydrogen-bond acceptors (Lipinski definition) is 6. The van der Waals surface area contributed by atoms with Crippen LogP contribution in [-0.2, 0) is 23.1 Å². The van der Waals surface area contributed by atoms with Crippen molar-refractivity contribution >= 4 is 21.4 Å². The van der Waals surface area contributed by atoms with E-state index < -0.39 is 10.0 Å². The molecule has 2 N–H and O–H groups in total. The molecule has 108 valence electrons. The Hall–Kier alpha value is -1.35. The Morgan fingerprint density at radius 3 is 2.80 bits per heavy atom. The standard InChI is InChI=1S/C12H16N4O2S2/c1-9-5-12(19-11(9)7-13-2)20(17,18)16-6-10-3-4-14-8-15-10/h3-5,8,13,16H,6-7H2,1-2H3. The highest BCUT2D eigenvalue weighted by Gasteiger charge is 2.18. The van der Waals surface area contributed by atoms with Crippen molar-refractivity contribution < 1.29 is 8.42 Å². The van der Waals surface area contributed by atoms with Crippen molar-refractivity contribution in [3.63, 3.8) is 0 Å². The summed E-state index contributed by atoms with van der Waals surface area (Å²) in [6.45, 7) is 2.73. The van der Waals surface area contributed by atoms with Gasteiger partial charge < -0.3 is 5.32 Å². The smallest absolute Gasteiger partial charge is 0.250 e. The van der Waals surface area contributed by atoms with Crippen molar-refractivity contribution in [3.05, 3.63) is 40.8 Å². The molecule has 0 aliphatic heterocycles. The molecular weight excluding hydrogens is 296 g/mol. The van der Waals surface area contributed by atoms with Crippen LogP contribution in [0.3, 0.4) is 0 Å². The molecule has 0 aliphatic rings. The molecule has 0 bridgehead atoms. The monoisotopic (exact) mass is 312 g/mol. The Morgan fingerprint density at radius 2 is 2.15 bits per heavy atom. The second-order valence-corrected chi connectivity index (χ2v) is 7.36. The van der Waals surface area contributed by atoms with Gasteiger partial charge >= 0.3 is 0 Å². The summed E-state index contributed by atoms with van der Waals surface area (Å²) in [6.07, 6.45) is 2.97. The van der Waals surface area contributed by atoms with Gasteiger partial charge in [-0.1, -0.05) is 0 Å². The van der Waals surface area contributed by atoms with Crippen LogP contribution in [0.4, 0.5) is 0 Å². The van der Waals surface area contributed by atoms with Gasteiger partial charge in [-0.25, -0.2) is 23.1 Å². The molecule has 20 heavy (non-hydrogen) atoms. The Balaban J connectivity index is 2.12. The van der Waals surface area contributed by atoms with Crippen LogP contribution in [0.2, 0.25) is 0 Å². The number of sulfonamides is 1. The fourth-order valence-electron chi connectivity index (χ4n) is 1.62. The molecule has 0 radical (unpaired) electrons. The molecule has 0 amide bonds. The molecule has 0 aromatic carbocycles. The molecule has 0 atom stereocenters. The molecule has 0 saturated carbocycles. The van der Waals surface area contributed by atoms with Gasteiger partial charge in [0.2, 0.25) is 10.0 Å². The predicted octanol–water partition coefficient (Wildman–Crippen LogP) is 1.04. The zero-order chi connectivity index (χ0) is 14.6. The van der Waals surface area contributed by atoms with Gasteiger partial charge in [-0.15, -0.1) is 11.3 Å². The molecule has 2 aromatic heterocycles. The Kier molecular flexibility index (Phi) is 4.81. The minimum absolute atomic E-state index is 0.156. The largest absolute Gasteiger partial charge is 0.315 e. The fourth-order valence-corrected chi connectivity index (χ4v) is 4.26. The van der Waals surface area contributed by atoms with Gasteiger partial charge in [-0.3, -0.25) is 0 Å². The molecule has 2 aromatic rings. The van der Waals surface area contributed by atoms with E-state index >= 15 is 0 Å². The average molecular weight is 312 g/mol. The molecule has 0 aliphatic carbocycles. The predicted molar refractivity (Wildman–Crippen MR) is 77.9 cm³/mol. The van der Waals surface area contributed by atoms with Crippen LogP contribution in [-0.4, -0.2) is 25.4 Å².